The molecule has 40 heavy (non-hydrogen) atoms. The number of hydrogen-bond acceptors (Lipinski definition) is 6. The van der Waals surface area contributed by atoms with Gasteiger partial charge in [0.05, 0.1) is 17.5 Å². The van der Waals surface area contributed by atoms with E-state index in [9.17, 15) is 23.9 Å². The number of nitrogens with one attached hydrogen (secondary N) is 1. The van der Waals surface area contributed by atoms with E-state index in [-0.39, 0.29) is 12.3 Å². The molecule has 0 bridgehead atoms. The summed E-state index contributed by atoms with van der Waals surface area (Å²) in [5.74, 6) is -1.73. The van der Waals surface area contributed by atoms with Gasteiger partial charge in [0.15, 0.2) is 0 Å². The Morgan fingerprint density at radius 2 is 1.77 bits per heavy atom. The predicted octanol–water partition coefficient (Wildman–Crippen LogP) is 6.09. The van der Waals surface area contributed by atoms with E-state index in [0.29, 0.717) is 34.0 Å². The van der Waals surface area contributed by atoms with E-state index in [1.807, 2.05) is 19.9 Å². The number of carbonyl (C=O) groups excluding carboxylic acids is 2. The smallest absolute Gasteiger partial charge is 0.412 e. The lowest BCUT2D eigenvalue weighted by Crippen LogP contribution is -2.27. The third-order valence-electron chi connectivity index (χ3n) is 5.60. The van der Waals surface area contributed by atoms with Crippen molar-refractivity contribution in [2.75, 3.05) is 5.32 Å². The summed E-state index contributed by atoms with van der Waals surface area (Å²) in [6.45, 7) is 9.19. The molecule has 0 aliphatic heterocycles. The number of hydrogen-bond donors (Lipinski definition) is 3. The van der Waals surface area contributed by atoms with Crippen molar-refractivity contribution in [3.63, 3.8) is 0 Å². The van der Waals surface area contributed by atoms with Crippen molar-refractivity contribution in [2.24, 2.45) is 0 Å². The van der Waals surface area contributed by atoms with E-state index in [4.69, 9.17) is 14.8 Å². The van der Waals surface area contributed by atoms with Gasteiger partial charge in [0.1, 0.15) is 29.4 Å². The highest BCUT2D eigenvalue weighted by Gasteiger charge is 2.22. The van der Waals surface area contributed by atoms with Gasteiger partial charge in [-0.15, -0.1) is 0 Å². The Balaban J connectivity index is 2.09. The largest absolute Gasteiger partial charge is 0.481 e. The van der Waals surface area contributed by atoms with Gasteiger partial charge in [0.2, 0.25) is 0 Å². The lowest BCUT2D eigenvalue weighted by molar-refractivity contribution is -0.140. The summed E-state index contributed by atoms with van der Waals surface area (Å²) in [4.78, 5) is 39.9. The number of carboxylic acid groups (broad SMARTS) is 1. The van der Waals surface area contributed by atoms with Gasteiger partial charge in [-0.3, -0.25) is 14.9 Å². The highest BCUT2D eigenvalue weighted by molar-refractivity contribution is 5.95. The molecular weight excluding hydrogens is 517 g/mol. The van der Waals surface area contributed by atoms with Gasteiger partial charge in [-0.2, -0.15) is 0 Å². The molecule has 10 heteroatoms. The third-order valence-corrected chi connectivity index (χ3v) is 5.60. The first-order valence-electron chi connectivity index (χ1n) is 12.8. The summed E-state index contributed by atoms with van der Waals surface area (Å²) in [5, 5.41) is 22.0. The first-order chi connectivity index (χ1) is 18.7. The van der Waals surface area contributed by atoms with Crippen LogP contribution in [0.25, 0.3) is 28.7 Å². The van der Waals surface area contributed by atoms with Gasteiger partial charge in [-0.25, -0.2) is 14.2 Å². The maximum atomic E-state index is 13.8. The number of ether oxygens (including phenoxy) is 1. The highest BCUT2D eigenvalue weighted by atomic mass is 19.1. The van der Waals surface area contributed by atoms with E-state index >= 15 is 0 Å². The molecule has 2 aromatic carbocycles. The van der Waals surface area contributed by atoms with Crippen molar-refractivity contribution >= 4 is 29.7 Å². The van der Waals surface area contributed by atoms with E-state index < -0.39 is 41.8 Å². The zero-order valence-electron chi connectivity index (χ0n) is 23.1. The molecule has 0 saturated heterocycles. The number of aliphatic carboxylic acids is 1. The van der Waals surface area contributed by atoms with Gasteiger partial charge in [-0.05, 0) is 63.2 Å². The Hall–Kier alpha value is -4.31. The van der Waals surface area contributed by atoms with Crippen molar-refractivity contribution in [1.82, 2.24) is 9.55 Å². The van der Waals surface area contributed by atoms with E-state index in [1.165, 1.54) is 18.2 Å². The van der Waals surface area contributed by atoms with Crippen LogP contribution in [-0.4, -0.2) is 49.3 Å². The quantitative estimate of drug-likeness (QED) is 0.260. The normalized spacial score (nSPS) is 12.5. The summed E-state index contributed by atoms with van der Waals surface area (Å²) in [6.07, 6.45) is 0.111. The summed E-state index contributed by atoms with van der Waals surface area (Å²) >= 11 is 0. The molecule has 3 N–H and O–H groups in total. The van der Waals surface area contributed by atoms with E-state index in [1.54, 1.807) is 61.9 Å². The minimum absolute atomic E-state index is 0.0774. The summed E-state index contributed by atoms with van der Waals surface area (Å²) < 4.78 is 20.9. The van der Waals surface area contributed by atoms with Gasteiger partial charge >= 0.3 is 12.1 Å². The Bertz CT molecular complexity index is 1400. The number of benzene rings is 2. The molecule has 9 nitrogen and oxygen atoms in total. The fourth-order valence-corrected chi connectivity index (χ4v) is 3.99. The first-order valence-corrected chi connectivity index (χ1v) is 12.8. The summed E-state index contributed by atoms with van der Waals surface area (Å²) in [7, 11) is 0. The number of anilines is 1. The molecule has 3 rings (SSSR count). The fraction of sp³-hybridized carbons (Fsp3) is 0.333. The minimum Gasteiger partial charge on any atom is -0.481 e. The molecule has 1 heterocycles. The number of aliphatic hydroxyl groups is 1. The second-order valence-electron chi connectivity index (χ2n) is 10.6. The molecule has 3 aromatic rings. The number of aromatic nitrogens is 2. The summed E-state index contributed by atoms with van der Waals surface area (Å²) in [6, 6.07) is 12.9. The standard InChI is InChI=1S/C30H34FN3O6/c1-18(2)28-33-26(20-7-6-8-22(15-20)32-29(39)40-30(3,4)5)27(19-9-11-21(31)12-10-19)34(28)14-13-23(35)16-24(36)17-25(37)38/h6-15,18,23,35H,16-17H2,1-5H3,(H,32,39)(H,37,38). The van der Waals surface area contributed by atoms with E-state index in [2.05, 4.69) is 5.32 Å². The van der Waals surface area contributed by atoms with Crippen LogP contribution in [0.15, 0.2) is 54.6 Å². The van der Waals surface area contributed by atoms with Crippen LogP contribution >= 0.6 is 0 Å². The SMILES string of the molecule is CC(C)c1nc(-c2cccc(NC(=O)OC(C)(C)C)c2)c(-c2ccc(F)cc2)n1C=CC(O)CC(=O)CC(=O)O. The van der Waals surface area contributed by atoms with Crippen LogP contribution < -0.4 is 5.32 Å². The Labute approximate surface area is 232 Å². The van der Waals surface area contributed by atoms with Crippen molar-refractivity contribution in [2.45, 2.75) is 65.1 Å². The molecule has 1 aromatic heterocycles. The number of halogens is 1. The van der Waals surface area contributed by atoms with Gasteiger partial charge < -0.3 is 19.5 Å². The highest BCUT2D eigenvalue weighted by Crippen LogP contribution is 2.36. The fourth-order valence-electron chi connectivity index (χ4n) is 3.99. The lowest BCUT2D eigenvalue weighted by Gasteiger charge is -2.19. The Morgan fingerprint density at radius 1 is 1.10 bits per heavy atom. The van der Waals surface area contributed by atoms with Crippen LogP contribution in [0.5, 0.6) is 0 Å². The molecule has 0 saturated carbocycles. The predicted molar refractivity (Wildman–Crippen MR) is 150 cm³/mol. The molecule has 212 valence electrons. The van der Waals surface area contributed by atoms with Crippen LogP contribution in [0.1, 0.15) is 59.2 Å². The van der Waals surface area contributed by atoms with Crippen LogP contribution in [0, 0.1) is 5.82 Å². The zero-order valence-corrected chi connectivity index (χ0v) is 23.1. The number of carbonyl (C=O) groups is 3. The van der Waals surface area contributed by atoms with Gasteiger partial charge in [0, 0.05) is 35.4 Å². The number of Topliss-reactive ketones (excluding diaryl/α,β-unsaturated/α-hetero) is 1. The first kappa shape index (κ1) is 30.2. The van der Waals surface area contributed by atoms with Crippen LogP contribution in [-0.2, 0) is 14.3 Å². The maximum Gasteiger partial charge on any atom is 0.412 e. The molecule has 0 radical (unpaired) electrons. The van der Waals surface area contributed by atoms with Gasteiger partial charge in [-0.1, -0.05) is 26.0 Å². The van der Waals surface area contributed by atoms with Crippen molar-refractivity contribution in [1.29, 1.82) is 0 Å². The monoisotopic (exact) mass is 551 g/mol. The van der Waals surface area contributed by atoms with E-state index in [0.717, 1.165) is 0 Å². The molecule has 0 aliphatic carbocycles. The van der Waals surface area contributed by atoms with Crippen molar-refractivity contribution in [3.8, 4) is 22.5 Å². The Morgan fingerprint density at radius 3 is 2.38 bits per heavy atom. The topological polar surface area (TPSA) is 131 Å². The average Bonchev–Trinajstić information content (AvgIpc) is 3.21. The number of aliphatic hydroxyl groups excluding tert-OH is 1. The molecule has 1 amide bonds. The zero-order chi connectivity index (χ0) is 29.6. The number of rotatable bonds is 10. The number of amides is 1. The van der Waals surface area contributed by atoms with Crippen LogP contribution in [0.3, 0.4) is 0 Å². The van der Waals surface area contributed by atoms with Crippen molar-refractivity contribution < 1.29 is 33.7 Å². The molecule has 1 atom stereocenters. The molecule has 0 spiro atoms. The number of carboxylic acids is 1. The number of imidazole rings is 1. The average molecular weight is 552 g/mol. The van der Waals surface area contributed by atoms with Crippen molar-refractivity contribution in [3.05, 3.63) is 66.2 Å². The number of ketones is 1. The van der Waals surface area contributed by atoms with Crippen LogP contribution in [0.4, 0.5) is 14.9 Å². The summed E-state index contributed by atoms with van der Waals surface area (Å²) in [5.41, 5.74) is 2.27. The molecular formula is C30H34FN3O6. The Kier molecular flexibility index (Phi) is 9.60. The molecule has 0 aliphatic rings. The van der Waals surface area contributed by atoms with Crippen LogP contribution in [0.2, 0.25) is 0 Å². The molecule has 0 fully saturated rings. The third kappa shape index (κ3) is 8.34. The molecule has 1 unspecified atom stereocenters. The number of nitrogens with zero attached hydrogens (tertiary/aromatic N) is 2. The van der Waals surface area contributed by atoms with Gasteiger partial charge in [0.25, 0.3) is 0 Å². The minimum atomic E-state index is -1.26. The lowest BCUT2D eigenvalue weighted by atomic mass is 10.0. The maximum absolute atomic E-state index is 13.8. The second kappa shape index (κ2) is 12.7. The second-order valence-corrected chi connectivity index (χ2v) is 10.6.